The van der Waals surface area contributed by atoms with Crippen LogP contribution in [0.25, 0.3) is 0 Å². The van der Waals surface area contributed by atoms with E-state index in [2.05, 4.69) is 0 Å². The van der Waals surface area contributed by atoms with Gasteiger partial charge in [-0.3, -0.25) is 4.79 Å². The van der Waals surface area contributed by atoms with E-state index < -0.39 is 0 Å². The minimum atomic E-state index is -0.175. The molecule has 0 heterocycles. The molecule has 3 nitrogen and oxygen atoms in total. The molecule has 0 atom stereocenters. The lowest BCUT2D eigenvalue weighted by Gasteiger charge is -1.98. The number of ether oxygens (including phenoxy) is 1. The molecule has 0 saturated heterocycles. The van der Waals surface area contributed by atoms with Crippen molar-refractivity contribution in [3.05, 3.63) is 0 Å². The van der Waals surface area contributed by atoms with Gasteiger partial charge in [0.15, 0.2) is 0 Å². The van der Waals surface area contributed by atoms with Crippen LogP contribution in [0.5, 0.6) is 0 Å². The van der Waals surface area contributed by atoms with E-state index in [1.165, 1.54) is 11.8 Å². The summed E-state index contributed by atoms with van der Waals surface area (Å²) in [6.07, 6.45) is 1.14. The van der Waals surface area contributed by atoms with Crippen molar-refractivity contribution in [2.75, 3.05) is 12.4 Å². The predicted octanol–water partition coefficient (Wildman–Crippen LogP) is 1.54. The molecule has 4 heteroatoms. The second kappa shape index (κ2) is 7.42. The maximum atomic E-state index is 10.7. The van der Waals surface area contributed by atoms with Crippen LogP contribution in [0.2, 0.25) is 0 Å². The fourth-order valence-corrected chi connectivity index (χ4v) is 0.947. The van der Waals surface area contributed by atoms with Gasteiger partial charge in [0.2, 0.25) is 0 Å². The van der Waals surface area contributed by atoms with Gasteiger partial charge in [0.05, 0.1) is 6.61 Å². The van der Waals surface area contributed by atoms with Gasteiger partial charge in [-0.05, 0) is 25.1 Å². The van der Waals surface area contributed by atoms with Crippen LogP contribution in [-0.2, 0) is 9.53 Å². The van der Waals surface area contributed by atoms with Crippen LogP contribution in [0.4, 0.5) is 0 Å². The number of nitrogens with zero attached hydrogens (tertiary/aromatic N) is 1. The Kier molecular flexibility index (Phi) is 6.95. The molecule has 0 N–H and O–H groups in total. The van der Waals surface area contributed by atoms with Gasteiger partial charge in [0, 0.05) is 12.2 Å². The summed E-state index contributed by atoms with van der Waals surface area (Å²) in [5, 5.41) is 10.1. The second-order valence-corrected chi connectivity index (χ2v) is 2.73. The van der Waals surface area contributed by atoms with Crippen molar-refractivity contribution in [1.29, 1.82) is 5.26 Å². The lowest BCUT2D eigenvalue weighted by atomic mass is 10.3. The third kappa shape index (κ3) is 7.20. The molecule has 0 saturated carbocycles. The topological polar surface area (TPSA) is 50.1 Å². The number of nitriles is 1. The lowest BCUT2D eigenvalue weighted by molar-refractivity contribution is -0.143. The predicted molar refractivity (Wildman–Crippen MR) is 43.9 cm³/mol. The second-order valence-electron chi connectivity index (χ2n) is 1.85. The molecule has 0 fully saturated rings. The smallest absolute Gasteiger partial charge is 0.305 e. The van der Waals surface area contributed by atoms with E-state index in [9.17, 15) is 4.79 Å². The first-order chi connectivity index (χ1) is 5.31. The number of esters is 1. The average molecular weight is 173 g/mol. The van der Waals surface area contributed by atoms with E-state index in [1.54, 1.807) is 6.92 Å². The number of thiocyanates is 1. The minimum Gasteiger partial charge on any atom is -0.466 e. The Morgan fingerprint density at radius 1 is 1.73 bits per heavy atom. The highest BCUT2D eigenvalue weighted by atomic mass is 32.2. The summed E-state index contributed by atoms with van der Waals surface area (Å²) < 4.78 is 4.69. The zero-order chi connectivity index (χ0) is 8.53. The number of rotatable bonds is 5. The third-order valence-corrected chi connectivity index (χ3v) is 1.62. The minimum absolute atomic E-state index is 0.175. The fraction of sp³-hybridized carbons (Fsp3) is 0.714. The highest BCUT2D eigenvalue weighted by molar-refractivity contribution is 8.03. The Morgan fingerprint density at radius 3 is 3.00 bits per heavy atom. The van der Waals surface area contributed by atoms with Crippen molar-refractivity contribution < 1.29 is 9.53 Å². The number of thioether (sulfide) groups is 1. The fourth-order valence-electron chi connectivity index (χ4n) is 0.567. The summed E-state index contributed by atoms with van der Waals surface area (Å²) in [4.78, 5) is 10.7. The average Bonchev–Trinajstić information content (AvgIpc) is 1.99. The van der Waals surface area contributed by atoms with Gasteiger partial charge in [-0.15, -0.1) is 0 Å². The molecule has 0 radical (unpaired) electrons. The van der Waals surface area contributed by atoms with Crippen LogP contribution in [0.1, 0.15) is 19.8 Å². The van der Waals surface area contributed by atoms with Gasteiger partial charge >= 0.3 is 5.97 Å². The van der Waals surface area contributed by atoms with Gasteiger partial charge in [0.1, 0.15) is 5.40 Å². The summed E-state index contributed by atoms with van der Waals surface area (Å²) >= 11 is 1.17. The first-order valence-electron chi connectivity index (χ1n) is 3.47. The number of carbonyl (C=O) groups is 1. The van der Waals surface area contributed by atoms with Crippen LogP contribution in [0, 0.1) is 10.7 Å². The summed E-state index contributed by atoms with van der Waals surface area (Å²) in [7, 11) is 0. The molecule has 0 rings (SSSR count). The Morgan fingerprint density at radius 2 is 2.45 bits per heavy atom. The van der Waals surface area contributed by atoms with Crippen LogP contribution < -0.4 is 0 Å². The van der Waals surface area contributed by atoms with Crippen LogP contribution >= 0.6 is 11.8 Å². The van der Waals surface area contributed by atoms with Crippen molar-refractivity contribution in [3.8, 4) is 5.40 Å². The van der Waals surface area contributed by atoms with E-state index in [-0.39, 0.29) is 5.97 Å². The van der Waals surface area contributed by atoms with E-state index in [0.717, 1.165) is 6.42 Å². The van der Waals surface area contributed by atoms with E-state index in [1.807, 2.05) is 5.40 Å². The molecule has 0 amide bonds. The number of carbonyl (C=O) groups excluding carboxylic acids is 1. The Labute approximate surface area is 70.7 Å². The molecule has 0 aliphatic heterocycles. The summed E-state index contributed by atoms with van der Waals surface area (Å²) in [6.45, 7) is 2.21. The van der Waals surface area contributed by atoms with Gasteiger partial charge < -0.3 is 4.74 Å². The monoisotopic (exact) mass is 173 g/mol. The van der Waals surface area contributed by atoms with Crippen LogP contribution in [-0.4, -0.2) is 18.3 Å². The van der Waals surface area contributed by atoms with Crippen LogP contribution in [0.3, 0.4) is 0 Å². The van der Waals surface area contributed by atoms with Crippen molar-refractivity contribution >= 4 is 17.7 Å². The molecule has 0 aromatic rings. The molecule has 0 aromatic heterocycles. The molecule has 0 bridgehead atoms. The summed E-state index contributed by atoms with van der Waals surface area (Å²) in [6, 6.07) is 0. The first-order valence-corrected chi connectivity index (χ1v) is 4.46. The normalized spacial score (nSPS) is 8.73. The molecule has 0 spiro atoms. The highest BCUT2D eigenvalue weighted by Crippen LogP contribution is 2.02. The molecule has 11 heavy (non-hydrogen) atoms. The van der Waals surface area contributed by atoms with Crippen molar-refractivity contribution in [2.24, 2.45) is 0 Å². The van der Waals surface area contributed by atoms with Crippen molar-refractivity contribution in [1.82, 2.24) is 0 Å². The summed E-state index contributed by atoms with van der Waals surface area (Å²) in [5.41, 5.74) is 0. The van der Waals surface area contributed by atoms with Crippen LogP contribution in [0.15, 0.2) is 0 Å². The van der Waals surface area contributed by atoms with E-state index in [0.29, 0.717) is 18.8 Å². The molecular formula is C7H11NO2S. The maximum Gasteiger partial charge on any atom is 0.305 e. The third-order valence-electron chi connectivity index (χ3n) is 0.997. The molecule has 0 unspecified atom stereocenters. The number of hydrogen-bond acceptors (Lipinski definition) is 4. The standard InChI is InChI=1S/C7H11NO2S/c1-2-10-7(9)4-3-5-11-6-8/h2-5H2,1H3. The molecular weight excluding hydrogens is 162 g/mol. The molecule has 0 aliphatic carbocycles. The largest absolute Gasteiger partial charge is 0.466 e. The molecule has 0 aromatic carbocycles. The van der Waals surface area contributed by atoms with E-state index >= 15 is 0 Å². The Bertz CT molecular complexity index is 153. The first kappa shape index (κ1) is 10.3. The SMILES string of the molecule is CCOC(=O)CCCSC#N. The van der Waals surface area contributed by atoms with Gasteiger partial charge in [0.25, 0.3) is 0 Å². The Hall–Kier alpha value is -0.690. The summed E-state index contributed by atoms with van der Waals surface area (Å²) in [5.74, 6) is 0.529. The number of hydrogen-bond donors (Lipinski definition) is 0. The molecule has 62 valence electrons. The quantitative estimate of drug-likeness (QED) is 0.359. The van der Waals surface area contributed by atoms with Gasteiger partial charge in [-0.2, -0.15) is 5.26 Å². The lowest BCUT2D eigenvalue weighted by Crippen LogP contribution is -2.03. The van der Waals surface area contributed by atoms with E-state index in [4.69, 9.17) is 10.00 Å². The zero-order valence-electron chi connectivity index (χ0n) is 6.50. The van der Waals surface area contributed by atoms with Gasteiger partial charge in [-0.25, -0.2) is 0 Å². The van der Waals surface area contributed by atoms with Crippen molar-refractivity contribution in [2.45, 2.75) is 19.8 Å². The molecule has 0 aliphatic rings. The van der Waals surface area contributed by atoms with Crippen molar-refractivity contribution in [3.63, 3.8) is 0 Å². The maximum absolute atomic E-state index is 10.7. The zero-order valence-corrected chi connectivity index (χ0v) is 7.32. The van der Waals surface area contributed by atoms with Gasteiger partial charge in [-0.1, -0.05) is 0 Å². The Balaban J connectivity index is 3.12. The highest BCUT2D eigenvalue weighted by Gasteiger charge is 1.99.